The molecule has 2 rings (SSSR count). The quantitative estimate of drug-likeness (QED) is 0.697. The number of hydrogen-bond acceptors (Lipinski definition) is 4. The molecule has 5 nitrogen and oxygen atoms in total. The number of hydrogen-bond donors (Lipinski definition) is 1. The van der Waals surface area contributed by atoms with Crippen LogP contribution in [0.5, 0.6) is 0 Å². The number of nitrogens with zero attached hydrogens (tertiary/aromatic N) is 2. The molecule has 0 radical (unpaired) electrons. The highest BCUT2D eigenvalue weighted by Crippen LogP contribution is 2.19. The Hall–Kier alpha value is -2.05. The molecule has 142 valence electrons. The van der Waals surface area contributed by atoms with Crippen LogP contribution in [0.3, 0.4) is 0 Å². The van der Waals surface area contributed by atoms with Gasteiger partial charge in [0.15, 0.2) is 5.37 Å². The topological polar surface area (TPSA) is 60.9 Å². The molecule has 0 saturated heterocycles. The standard InChI is InChI=1S/C20H28N2O3S/c1-4-6-20(26(23,24)25)22-15-13-18(14-16-22)8-7-17-9-11-19(12-10-17)21(3)5-2/h7-15,20H,4-6,16H2,1-3H3,(H,23,24,25)/b8-7+. The van der Waals surface area contributed by atoms with E-state index in [9.17, 15) is 13.0 Å². The highest BCUT2D eigenvalue weighted by atomic mass is 32.2. The van der Waals surface area contributed by atoms with Gasteiger partial charge in [0.2, 0.25) is 0 Å². The van der Waals surface area contributed by atoms with E-state index < -0.39 is 15.5 Å². The van der Waals surface area contributed by atoms with E-state index in [0.29, 0.717) is 19.4 Å². The number of anilines is 1. The Morgan fingerprint density at radius 3 is 2.42 bits per heavy atom. The Balaban J connectivity index is 2.01. The molecule has 1 aromatic rings. The van der Waals surface area contributed by atoms with Crippen molar-refractivity contribution in [2.24, 2.45) is 0 Å². The van der Waals surface area contributed by atoms with Gasteiger partial charge in [-0.3, -0.25) is 4.55 Å². The highest BCUT2D eigenvalue weighted by molar-refractivity contribution is 7.86. The normalized spacial score (nSPS) is 16.0. The first-order valence-electron chi connectivity index (χ1n) is 8.94. The zero-order valence-corrected chi connectivity index (χ0v) is 16.5. The molecule has 6 heteroatoms. The maximum atomic E-state index is 11.6. The second kappa shape index (κ2) is 9.05. The maximum Gasteiger partial charge on any atom is 0.286 e. The van der Waals surface area contributed by atoms with Crippen LogP contribution in [-0.4, -0.2) is 43.4 Å². The third-order valence-corrected chi connectivity index (χ3v) is 5.72. The molecule has 0 aromatic heterocycles. The molecular weight excluding hydrogens is 348 g/mol. The minimum Gasteiger partial charge on any atom is -0.375 e. The van der Waals surface area contributed by atoms with Crippen LogP contribution in [0, 0.1) is 0 Å². The fraction of sp³-hybridized carbons (Fsp3) is 0.400. The third-order valence-electron chi connectivity index (χ3n) is 4.52. The highest BCUT2D eigenvalue weighted by Gasteiger charge is 2.27. The van der Waals surface area contributed by atoms with Crippen LogP contribution < -0.4 is 4.90 Å². The molecule has 1 atom stereocenters. The molecule has 1 aromatic carbocycles. The van der Waals surface area contributed by atoms with Gasteiger partial charge in [-0.25, -0.2) is 0 Å². The summed E-state index contributed by atoms with van der Waals surface area (Å²) >= 11 is 0. The van der Waals surface area contributed by atoms with Crippen molar-refractivity contribution in [3.8, 4) is 0 Å². The zero-order valence-electron chi connectivity index (χ0n) is 15.7. The fourth-order valence-corrected chi connectivity index (χ4v) is 3.84. The van der Waals surface area contributed by atoms with Gasteiger partial charge in [-0.1, -0.05) is 43.7 Å². The van der Waals surface area contributed by atoms with Gasteiger partial charge in [0.25, 0.3) is 10.1 Å². The molecule has 1 aliphatic heterocycles. The molecule has 0 bridgehead atoms. The Morgan fingerprint density at radius 2 is 1.92 bits per heavy atom. The first kappa shape index (κ1) is 20.3. The Kier molecular flexibility index (Phi) is 7.06. The average molecular weight is 377 g/mol. The molecule has 1 heterocycles. The van der Waals surface area contributed by atoms with Crippen LogP contribution in [0.15, 0.2) is 54.3 Å². The molecule has 1 N–H and O–H groups in total. The monoisotopic (exact) mass is 376 g/mol. The van der Waals surface area contributed by atoms with Crippen LogP contribution in [0.1, 0.15) is 32.3 Å². The SMILES string of the molecule is CCCC(N1C=CC(/C=C/c2ccc(N(C)CC)cc2)=CC1)S(=O)(=O)O. The summed E-state index contributed by atoms with van der Waals surface area (Å²) in [7, 11) is -2.03. The molecule has 0 fully saturated rings. The fourth-order valence-electron chi connectivity index (χ4n) is 2.81. The van der Waals surface area contributed by atoms with Gasteiger partial charge in [-0.15, -0.1) is 0 Å². The summed E-state index contributed by atoms with van der Waals surface area (Å²) in [5.74, 6) is 0. The van der Waals surface area contributed by atoms with Crippen molar-refractivity contribution in [1.29, 1.82) is 0 Å². The first-order chi connectivity index (χ1) is 12.3. The van der Waals surface area contributed by atoms with Crippen molar-refractivity contribution in [2.45, 2.75) is 32.1 Å². The molecular formula is C20H28N2O3S. The number of rotatable bonds is 8. The minimum atomic E-state index is -4.09. The molecule has 1 aliphatic rings. The minimum absolute atomic E-state index is 0.404. The Bertz CT molecular complexity index is 780. The lowest BCUT2D eigenvalue weighted by atomic mass is 10.1. The van der Waals surface area contributed by atoms with E-state index in [1.165, 1.54) is 5.69 Å². The van der Waals surface area contributed by atoms with Crippen molar-refractivity contribution >= 4 is 21.9 Å². The summed E-state index contributed by atoms with van der Waals surface area (Å²) in [6, 6.07) is 8.34. The van der Waals surface area contributed by atoms with Crippen molar-refractivity contribution in [3.05, 3.63) is 59.8 Å². The molecule has 0 saturated carbocycles. The summed E-state index contributed by atoms with van der Waals surface area (Å²) in [5, 5.41) is -0.881. The van der Waals surface area contributed by atoms with E-state index in [1.54, 1.807) is 11.1 Å². The van der Waals surface area contributed by atoms with Crippen LogP contribution >= 0.6 is 0 Å². The summed E-state index contributed by atoms with van der Waals surface area (Å²) < 4.78 is 32.5. The first-order valence-corrected chi connectivity index (χ1v) is 10.4. The maximum absolute atomic E-state index is 11.6. The summed E-state index contributed by atoms with van der Waals surface area (Å²) in [6.07, 6.45) is 10.7. The van der Waals surface area contributed by atoms with E-state index in [2.05, 4.69) is 43.1 Å². The molecule has 0 amide bonds. The third kappa shape index (κ3) is 5.47. The Labute approximate surface area is 157 Å². The lowest BCUT2D eigenvalue weighted by molar-refractivity contribution is 0.325. The molecule has 0 aliphatic carbocycles. The lowest BCUT2D eigenvalue weighted by Gasteiger charge is -2.29. The van der Waals surface area contributed by atoms with E-state index in [0.717, 1.165) is 17.7 Å². The average Bonchev–Trinajstić information content (AvgIpc) is 2.64. The second-order valence-corrected chi connectivity index (χ2v) is 7.99. The molecule has 0 spiro atoms. The van der Waals surface area contributed by atoms with Crippen LogP contribution in [-0.2, 0) is 10.1 Å². The van der Waals surface area contributed by atoms with Gasteiger partial charge in [-0.2, -0.15) is 8.42 Å². The number of benzene rings is 1. The van der Waals surface area contributed by atoms with Crippen LogP contribution in [0.2, 0.25) is 0 Å². The summed E-state index contributed by atoms with van der Waals surface area (Å²) in [6.45, 7) is 5.44. The predicted octanol–water partition coefficient (Wildman–Crippen LogP) is 3.93. The van der Waals surface area contributed by atoms with E-state index >= 15 is 0 Å². The van der Waals surface area contributed by atoms with Crippen molar-refractivity contribution in [3.63, 3.8) is 0 Å². The smallest absolute Gasteiger partial charge is 0.286 e. The van der Waals surface area contributed by atoms with Crippen molar-refractivity contribution in [1.82, 2.24) is 4.90 Å². The van der Waals surface area contributed by atoms with Gasteiger partial charge in [0, 0.05) is 32.0 Å². The lowest BCUT2D eigenvalue weighted by Crippen LogP contribution is -2.38. The van der Waals surface area contributed by atoms with E-state index in [-0.39, 0.29) is 0 Å². The van der Waals surface area contributed by atoms with E-state index in [4.69, 9.17) is 0 Å². The zero-order chi connectivity index (χ0) is 19.2. The van der Waals surface area contributed by atoms with Gasteiger partial charge in [-0.05, 0) is 42.7 Å². The largest absolute Gasteiger partial charge is 0.375 e. The summed E-state index contributed by atoms with van der Waals surface area (Å²) in [5.41, 5.74) is 3.31. The molecule has 26 heavy (non-hydrogen) atoms. The summed E-state index contributed by atoms with van der Waals surface area (Å²) in [4.78, 5) is 3.84. The van der Waals surface area contributed by atoms with Crippen LogP contribution in [0.25, 0.3) is 6.08 Å². The predicted molar refractivity (Wildman–Crippen MR) is 109 cm³/mol. The van der Waals surface area contributed by atoms with Gasteiger partial charge in [0.1, 0.15) is 0 Å². The number of allylic oxidation sites excluding steroid dienone is 3. The van der Waals surface area contributed by atoms with Gasteiger partial charge < -0.3 is 9.80 Å². The second-order valence-electron chi connectivity index (χ2n) is 6.41. The van der Waals surface area contributed by atoms with Crippen LogP contribution in [0.4, 0.5) is 5.69 Å². The van der Waals surface area contributed by atoms with Gasteiger partial charge >= 0.3 is 0 Å². The van der Waals surface area contributed by atoms with Crippen molar-refractivity contribution < 1.29 is 13.0 Å². The van der Waals surface area contributed by atoms with Gasteiger partial charge in [0.05, 0.1) is 0 Å². The molecule has 1 unspecified atom stereocenters. The van der Waals surface area contributed by atoms with E-state index in [1.807, 2.05) is 31.2 Å². The van der Waals surface area contributed by atoms with Crippen molar-refractivity contribution in [2.75, 3.05) is 25.0 Å². The Morgan fingerprint density at radius 1 is 1.23 bits per heavy atom.